The van der Waals surface area contributed by atoms with Crippen LogP contribution in [-0.2, 0) is 9.59 Å². The van der Waals surface area contributed by atoms with Gasteiger partial charge in [-0.2, -0.15) is 0 Å². The van der Waals surface area contributed by atoms with E-state index in [1.165, 1.54) is 12.8 Å². The summed E-state index contributed by atoms with van der Waals surface area (Å²) < 4.78 is 0. The molecule has 0 saturated carbocycles. The third-order valence-corrected chi connectivity index (χ3v) is 6.83. The van der Waals surface area contributed by atoms with Gasteiger partial charge in [-0.25, -0.2) is 0 Å². The van der Waals surface area contributed by atoms with E-state index in [9.17, 15) is 9.59 Å². The summed E-state index contributed by atoms with van der Waals surface area (Å²) in [6.45, 7) is 3.30. The van der Waals surface area contributed by atoms with Crippen molar-refractivity contribution in [3.8, 4) is 0 Å². The number of carbonyl (C=O) groups excluding carboxylic acids is 2. The summed E-state index contributed by atoms with van der Waals surface area (Å²) in [5.74, 6) is -0.00532. The predicted octanol–water partition coefficient (Wildman–Crippen LogP) is 4.93. The van der Waals surface area contributed by atoms with E-state index in [0.717, 1.165) is 63.0 Å². The Hall–Kier alpha value is -3.14. The number of benzene rings is 2. The third kappa shape index (κ3) is 3.79. The normalized spacial score (nSPS) is 20.2. The molecule has 1 aliphatic carbocycles. The zero-order chi connectivity index (χ0) is 21.9. The van der Waals surface area contributed by atoms with Crippen LogP contribution < -0.4 is 0 Å². The van der Waals surface area contributed by atoms with Crippen molar-refractivity contribution >= 4 is 22.7 Å². The number of ketones is 2. The van der Waals surface area contributed by atoms with Gasteiger partial charge in [0.05, 0.1) is 22.5 Å². The molecule has 2 fully saturated rings. The lowest BCUT2D eigenvalue weighted by molar-refractivity contribution is -0.116. The highest BCUT2D eigenvalue weighted by atomic mass is 16.1. The molecular formula is C28H30N2O2. The Labute approximate surface area is 190 Å². The summed E-state index contributed by atoms with van der Waals surface area (Å²) in [6, 6.07) is 19.6. The lowest BCUT2D eigenvalue weighted by Crippen LogP contribution is -2.41. The number of likely N-dealkylation sites (tertiary alicyclic amines) is 2. The largest absolute Gasteiger partial charge is 0.368 e. The molecule has 0 bridgehead atoms. The summed E-state index contributed by atoms with van der Waals surface area (Å²) in [6.07, 6.45) is 6.56. The molecule has 0 atom stereocenters. The van der Waals surface area contributed by atoms with E-state index in [-0.39, 0.29) is 11.6 Å². The standard InChI is InChI=1S/C28H30N2O2/c31-27-23(21-13-5-1-6-14-21)25(29-17-9-3-10-18-29)28(32)24(22-15-7-2-8-16-22)26(27)30-19-11-4-12-20-30/h1-2,5-8,13-16H,3-4,9-12,17-20H2. The van der Waals surface area contributed by atoms with E-state index in [1.54, 1.807) is 0 Å². The first kappa shape index (κ1) is 20.7. The fourth-order valence-electron chi connectivity index (χ4n) is 5.26. The third-order valence-electron chi connectivity index (χ3n) is 6.83. The van der Waals surface area contributed by atoms with E-state index in [4.69, 9.17) is 0 Å². The Bertz CT molecular complexity index is 970. The van der Waals surface area contributed by atoms with Crippen molar-refractivity contribution in [3.63, 3.8) is 0 Å². The molecule has 2 aliphatic heterocycles. The monoisotopic (exact) mass is 426 g/mol. The second kappa shape index (κ2) is 9.15. The molecule has 0 unspecified atom stereocenters. The molecule has 4 nitrogen and oxygen atoms in total. The quantitative estimate of drug-likeness (QED) is 0.650. The highest BCUT2D eigenvalue weighted by Crippen LogP contribution is 2.40. The summed E-state index contributed by atoms with van der Waals surface area (Å²) in [7, 11) is 0. The van der Waals surface area contributed by atoms with Gasteiger partial charge in [-0.3, -0.25) is 9.59 Å². The van der Waals surface area contributed by atoms with Crippen molar-refractivity contribution in [2.24, 2.45) is 0 Å². The zero-order valence-electron chi connectivity index (χ0n) is 18.6. The van der Waals surface area contributed by atoms with Gasteiger partial charge in [-0.1, -0.05) is 60.7 Å². The first-order valence-corrected chi connectivity index (χ1v) is 11.9. The number of allylic oxidation sites excluding steroid dienone is 2. The van der Waals surface area contributed by atoms with Crippen molar-refractivity contribution in [3.05, 3.63) is 83.2 Å². The lowest BCUT2D eigenvalue weighted by Gasteiger charge is -2.38. The van der Waals surface area contributed by atoms with Crippen LogP contribution in [0.4, 0.5) is 0 Å². The maximum absolute atomic E-state index is 14.3. The first-order chi connectivity index (χ1) is 15.8. The number of carbonyl (C=O) groups is 2. The topological polar surface area (TPSA) is 40.6 Å². The number of Topliss-reactive ketones (excluding diaryl/α,β-unsaturated/α-hetero) is 2. The van der Waals surface area contributed by atoms with Crippen molar-refractivity contribution in [1.82, 2.24) is 9.80 Å². The second-order valence-corrected chi connectivity index (χ2v) is 8.93. The van der Waals surface area contributed by atoms with Crippen LogP contribution in [-0.4, -0.2) is 47.5 Å². The van der Waals surface area contributed by atoms with E-state index in [2.05, 4.69) is 9.80 Å². The maximum atomic E-state index is 14.3. The van der Waals surface area contributed by atoms with Crippen LogP contribution in [0, 0.1) is 0 Å². The Morgan fingerprint density at radius 1 is 0.469 bits per heavy atom. The molecule has 32 heavy (non-hydrogen) atoms. The van der Waals surface area contributed by atoms with Gasteiger partial charge in [-0.05, 0) is 49.7 Å². The molecule has 0 radical (unpaired) electrons. The molecule has 0 N–H and O–H groups in total. The molecule has 2 heterocycles. The smallest absolute Gasteiger partial charge is 0.212 e. The van der Waals surface area contributed by atoms with Crippen molar-refractivity contribution < 1.29 is 9.59 Å². The number of hydrogen-bond acceptors (Lipinski definition) is 4. The van der Waals surface area contributed by atoms with Crippen LogP contribution in [0.1, 0.15) is 49.7 Å². The predicted molar refractivity (Wildman–Crippen MR) is 128 cm³/mol. The molecule has 4 heteroatoms. The molecule has 3 aliphatic rings. The zero-order valence-corrected chi connectivity index (χ0v) is 18.6. The number of nitrogens with zero attached hydrogens (tertiary/aromatic N) is 2. The van der Waals surface area contributed by atoms with Gasteiger partial charge in [0.1, 0.15) is 0 Å². The Balaban J connectivity index is 1.72. The SMILES string of the molecule is O=C1C(c2ccccc2)=C(N2CCCCC2)C(=O)C(c2ccccc2)=C1N1CCCCC1. The van der Waals surface area contributed by atoms with Gasteiger partial charge < -0.3 is 9.80 Å². The van der Waals surface area contributed by atoms with Crippen LogP contribution in [0.15, 0.2) is 72.1 Å². The fourth-order valence-corrected chi connectivity index (χ4v) is 5.26. The molecule has 2 saturated heterocycles. The molecule has 2 aromatic rings. The average molecular weight is 427 g/mol. The molecule has 2 aromatic carbocycles. The summed E-state index contributed by atoms with van der Waals surface area (Å²) >= 11 is 0. The van der Waals surface area contributed by atoms with Crippen LogP contribution in [0.3, 0.4) is 0 Å². The average Bonchev–Trinajstić information content (AvgIpc) is 2.87. The van der Waals surface area contributed by atoms with Gasteiger partial charge in [0.25, 0.3) is 0 Å². The van der Waals surface area contributed by atoms with E-state index >= 15 is 0 Å². The van der Waals surface area contributed by atoms with Crippen LogP contribution >= 0.6 is 0 Å². The first-order valence-electron chi connectivity index (χ1n) is 11.9. The number of hydrogen-bond donors (Lipinski definition) is 0. The van der Waals surface area contributed by atoms with Crippen molar-refractivity contribution in [2.75, 3.05) is 26.2 Å². The summed E-state index contributed by atoms with van der Waals surface area (Å²) in [5, 5.41) is 0. The molecule has 164 valence electrons. The highest BCUT2D eigenvalue weighted by Gasteiger charge is 2.40. The van der Waals surface area contributed by atoms with Crippen LogP contribution in [0.25, 0.3) is 11.1 Å². The van der Waals surface area contributed by atoms with Gasteiger partial charge in [-0.15, -0.1) is 0 Å². The fraction of sp³-hybridized carbons (Fsp3) is 0.357. The van der Waals surface area contributed by atoms with Gasteiger partial charge in [0, 0.05) is 26.2 Å². The maximum Gasteiger partial charge on any atom is 0.212 e. The Kier molecular flexibility index (Phi) is 5.93. The minimum absolute atomic E-state index is 0.00266. The number of rotatable bonds is 4. The van der Waals surface area contributed by atoms with Crippen molar-refractivity contribution in [1.29, 1.82) is 0 Å². The van der Waals surface area contributed by atoms with E-state index < -0.39 is 0 Å². The van der Waals surface area contributed by atoms with Gasteiger partial charge >= 0.3 is 0 Å². The minimum atomic E-state index is -0.00266. The second-order valence-electron chi connectivity index (χ2n) is 8.93. The highest BCUT2D eigenvalue weighted by molar-refractivity contribution is 6.47. The van der Waals surface area contributed by atoms with E-state index in [0.29, 0.717) is 22.5 Å². The summed E-state index contributed by atoms with van der Waals surface area (Å²) in [5.41, 5.74) is 4.04. The molecular weight excluding hydrogens is 396 g/mol. The van der Waals surface area contributed by atoms with Gasteiger partial charge in [0.2, 0.25) is 11.6 Å². The van der Waals surface area contributed by atoms with E-state index in [1.807, 2.05) is 60.7 Å². The van der Waals surface area contributed by atoms with Crippen molar-refractivity contribution in [2.45, 2.75) is 38.5 Å². The molecule has 0 aromatic heterocycles. The molecule has 5 rings (SSSR count). The molecule has 0 spiro atoms. The molecule has 0 amide bonds. The van der Waals surface area contributed by atoms with Crippen LogP contribution in [0.5, 0.6) is 0 Å². The van der Waals surface area contributed by atoms with Crippen LogP contribution in [0.2, 0.25) is 0 Å². The Morgan fingerprint density at radius 2 is 0.812 bits per heavy atom. The number of piperidine rings is 2. The summed E-state index contributed by atoms with van der Waals surface area (Å²) in [4.78, 5) is 32.9. The Morgan fingerprint density at radius 3 is 1.16 bits per heavy atom. The lowest BCUT2D eigenvalue weighted by atomic mass is 9.82. The van der Waals surface area contributed by atoms with Gasteiger partial charge in [0.15, 0.2) is 0 Å². The minimum Gasteiger partial charge on any atom is -0.368 e.